The fourth-order valence-electron chi connectivity index (χ4n) is 3.57. The van der Waals surface area contributed by atoms with E-state index in [0.717, 1.165) is 31.1 Å². The molecule has 18 heavy (non-hydrogen) atoms. The Morgan fingerprint density at radius 3 is 2.89 bits per heavy atom. The standard InChI is InChI=1S/C15H21ClN2/c1-11-3-4-13(16)12-9-15(5-7-17-10-15)6-8-18(2)14(11)12/h3-4,17H,5-10H2,1-2H3. The summed E-state index contributed by atoms with van der Waals surface area (Å²) in [4.78, 5) is 2.39. The molecule has 2 heterocycles. The Kier molecular flexibility index (Phi) is 3.03. The van der Waals surface area contributed by atoms with Crippen LogP contribution in [0.15, 0.2) is 12.1 Å². The fraction of sp³-hybridized carbons (Fsp3) is 0.600. The maximum Gasteiger partial charge on any atom is 0.0459 e. The Labute approximate surface area is 114 Å². The van der Waals surface area contributed by atoms with Gasteiger partial charge in [0.25, 0.3) is 0 Å². The minimum Gasteiger partial charge on any atom is -0.374 e. The molecule has 1 atom stereocenters. The van der Waals surface area contributed by atoms with Gasteiger partial charge in [0.2, 0.25) is 0 Å². The van der Waals surface area contributed by atoms with Crippen molar-refractivity contribution < 1.29 is 0 Å². The molecule has 0 aliphatic carbocycles. The predicted molar refractivity (Wildman–Crippen MR) is 77.7 cm³/mol. The topological polar surface area (TPSA) is 15.3 Å². The molecule has 0 bridgehead atoms. The highest BCUT2D eigenvalue weighted by Crippen LogP contribution is 2.43. The van der Waals surface area contributed by atoms with Crippen molar-refractivity contribution in [2.24, 2.45) is 5.41 Å². The van der Waals surface area contributed by atoms with Gasteiger partial charge < -0.3 is 10.2 Å². The van der Waals surface area contributed by atoms with Crippen molar-refractivity contribution in [2.45, 2.75) is 26.2 Å². The molecule has 1 spiro atoms. The van der Waals surface area contributed by atoms with Gasteiger partial charge in [-0.25, -0.2) is 0 Å². The van der Waals surface area contributed by atoms with Gasteiger partial charge in [-0.1, -0.05) is 17.7 Å². The van der Waals surface area contributed by atoms with Crippen LogP contribution in [0, 0.1) is 12.3 Å². The Hall–Kier alpha value is -0.730. The lowest BCUT2D eigenvalue weighted by Crippen LogP contribution is -2.28. The maximum absolute atomic E-state index is 6.47. The molecule has 1 unspecified atom stereocenters. The number of hydrogen-bond acceptors (Lipinski definition) is 2. The molecule has 0 amide bonds. The normalized spacial score (nSPS) is 27.4. The minimum atomic E-state index is 0.428. The second-order valence-corrected chi connectivity index (χ2v) is 6.37. The van der Waals surface area contributed by atoms with Gasteiger partial charge in [0.1, 0.15) is 0 Å². The first kappa shape index (κ1) is 12.3. The van der Waals surface area contributed by atoms with E-state index in [1.807, 2.05) is 0 Å². The van der Waals surface area contributed by atoms with Crippen molar-refractivity contribution in [1.82, 2.24) is 5.32 Å². The highest BCUT2D eigenvalue weighted by molar-refractivity contribution is 6.31. The third kappa shape index (κ3) is 1.92. The summed E-state index contributed by atoms with van der Waals surface area (Å²) in [6.45, 7) is 5.62. The van der Waals surface area contributed by atoms with E-state index in [9.17, 15) is 0 Å². The molecule has 2 aliphatic rings. The van der Waals surface area contributed by atoms with E-state index in [-0.39, 0.29) is 0 Å². The Balaban J connectivity index is 2.09. The number of benzene rings is 1. The minimum absolute atomic E-state index is 0.428. The summed E-state index contributed by atoms with van der Waals surface area (Å²) < 4.78 is 0. The van der Waals surface area contributed by atoms with Crippen LogP contribution >= 0.6 is 11.6 Å². The molecule has 3 rings (SSSR count). The zero-order valence-corrected chi connectivity index (χ0v) is 12.0. The largest absolute Gasteiger partial charge is 0.374 e. The first-order chi connectivity index (χ1) is 8.61. The Bertz CT molecular complexity index is 464. The van der Waals surface area contributed by atoms with Gasteiger partial charge in [-0.05, 0) is 55.3 Å². The van der Waals surface area contributed by atoms with Crippen LogP contribution in [0.1, 0.15) is 24.0 Å². The fourth-order valence-corrected chi connectivity index (χ4v) is 3.79. The van der Waals surface area contributed by atoms with Gasteiger partial charge >= 0.3 is 0 Å². The SMILES string of the molecule is Cc1ccc(Cl)c2c1N(C)CCC1(CCNC1)C2. The number of halogens is 1. The zero-order chi connectivity index (χ0) is 12.8. The number of rotatable bonds is 0. The summed E-state index contributed by atoms with van der Waals surface area (Å²) in [5, 5.41) is 4.47. The van der Waals surface area contributed by atoms with Crippen molar-refractivity contribution in [1.29, 1.82) is 0 Å². The molecule has 2 nitrogen and oxygen atoms in total. The second kappa shape index (κ2) is 4.43. The molecule has 0 radical (unpaired) electrons. The van der Waals surface area contributed by atoms with Crippen molar-refractivity contribution >= 4 is 17.3 Å². The van der Waals surface area contributed by atoms with E-state index in [2.05, 4.69) is 36.3 Å². The molecular weight excluding hydrogens is 244 g/mol. The lowest BCUT2D eigenvalue weighted by molar-refractivity contribution is 0.304. The van der Waals surface area contributed by atoms with Gasteiger partial charge in [-0.15, -0.1) is 0 Å². The van der Waals surface area contributed by atoms with Gasteiger partial charge in [0, 0.05) is 30.8 Å². The number of fused-ring (bicyclic) bond motifs is 1. The van der Waals surface area contributed by atoms with Gasteiger partial charge in [0.05, 0.1) is 0 Å². The van der Waals surface area contributed by atoms with E-state index < -0.39 is 0 Å². The molecular formula is C15H21ClN2. The average molecular weight is 265 g/mol. The number of anilines is 1. The lowest BCUT2D eigenvalue weighted by atomic mass is 9.78. The number of nitrogens with zero attached hydrogens (tertiary/aromatic N) is 1. The molecule has 1 aromatic carbocycles. The van der Waals surface area contributed by atoms with Gasteiger partial charge in [-0.3, -0.25) is 0 Å². The maximum atomic E-state index is 6.47. The molecule has 2 aliphatic heterocycles. The van der Waals surface area contributed by atoms with Crippen molar-refractivity contribution in [3.8, 4) is 0 Å². The second-order valence-electron chi connectivity index (χ2n) is 5.97. The summed E-state index contributed by atoms with van der Waals surface area (Å²) in [5.41, 5.74) is 4.50. The number of hydrogen-bond donors (Lipinski definition) is 1. The molecule has 0 aromatic heterocycles. The van der Waals surface area contributed by atoms with Crippen molar-refractivity contribution in [3.63, 3.8) is 0 Å². The monoisotopic (exact) mass is 264 g/mol. The van der Waals surface area contributed by atoms with E-state index in [1.54, 1.807) is 0 Å². The van der Waals surface area contributed by atoms with Crippen molar-refractivity contribution in [2.75, 3.05) is 31.6 Å². The van der Waals surface area contributed by atoms with Crippen LogP contribution in [0.5, 0.6) is 0 Å². The van der Waals surface area contributed by atoms with E-state index in [1.165, 1.54) is 29.7 Å². The highest BCUT2D eigenvalue weighted by Gasteiger charge is 2.37. The van der Waals surface area contributed by atoms with Crippen LogP contribution in [0.2, 0.25) is 5.02 Å². The van der Waals surface area contributed by atoms with Crippen LogP contribution in [0.3, 0.4) is 0 Å². The van der Waals surface area contributed by atoms with Crippen LogP contribution in [0.25, 0.3) is 0 Å². The van der Waals surface area contributed by atoms with E-state index >= 15 is 0 Å². The van der Waals surface area contributed by atoms with Gasteiger partial charge in [-0.2, -0.15) is 0 Å². The molecule has 1 aromatic rings. The molecule has 0 saturated carbocycles. The molecule has 1 saturated heterocycles. The first-order valence-electron chi connectivity index (χ1n) is 6.81. The average Bonchev–Trinajstić information content (AvgIpc) is 2.74. The summed E-state index contributed by atoms with van der Waals surface area (Å²) in [6, 6.07) is 4.20. The van der Waals surface area contributed by atoms with E-state index in [0.29, 0.717) is 5.41 Å². The summed E-state index contributed by atoms with van der Waals surface area (Å²) in [6.07, 6.45) is 3.67. The van der Waals surface area contributed by atoms with Crippen LogP contribution in [0.4, 0.5) is 5.69 Å². The zero-order valence-electron chi connectivity index (χ0n) is 11.2. The Morgan fingerprint density at radius 1 is 1.33 bits per heavy atom. The van der Waals surface area contributed by atoms with E-state index in [4.69, 9.17) is 11.6 Å². The lowest BCUT2D eigenvalue weighted by Gasteiger charge is -2.26. The number of nitrogens with one attached hydrogen (secondary N) is 1. The van der Waals surface area contributed by atoms with Crippen LogP contribution in [-0.2, 0) is 6.42 Å². The highest BCUT2D eigenvalue weighted by atomic mass is 35.5. The molecule has 3 heteroatoms. The smallest absolute Gasteiger partial charge is 0.0459 e. The Morgan fingerprint density at radius 2 is 2.17 bits per heavy atom. The predicted octanol–water partition coefficient (Wildman–Crippen LogP) is 3.01. The van der Waals surface area contributed by atoms with Crippen LogP contribution < -0.4 is 10.2 Å². The molecule has 1 N–H and O–H groups in total. The number of aryl methyl sites for hydroxylation is 1. The van der Waals surface area contributed by atoms with Gasteiger partial charge in [0.15, 0.2) is 0 Å². The summed E-state index contributed by atoms with van der Waals surface area (Å²) in [5.74, 6) is 0. The molecule has 1 fully saturated rings. The van der Waals surface area contributed by atoms with Crippen LogP contribution in [-0.4, -0.2) is 26.7 Å². The third-order valence-electron chi connectivity index (χ3n) is 4.67. The quantitative estimate of drug-likeness (QED) is 0.775. The van der Waals surface area contributed by atoms with Crippen molar-refractivity contribution in [3.05, 3.63) is 28.3 Å². The summed E-state index contributed by atoms with van der Waals surface area (Å²) in [7, 11) is 2.20. The molecule has 98 valence electrons. The first-order valence-corrected chi connectivity index (χ1v) is 7.19. The third-order valence-corrected chi connectivity index (χ3v) is 5.02. The summed E-state index contributed by atoms with van der Waals surface area (Å²) >= 11 is 6.47.